The average Bonchev–Trinajstić information content (AvgIpc) is 3.01. The van der Waals surface area contributed by atoms with Crippen LogP contribution in [0.25, 0.3) is 21.6 Å². The van der Waals surface area contributed by atoms with Crippen LogP contribution >= 0.6 is 27.3 Å². The van der Waals surface area contributed by atoms with Crippen LogP contribution < -0.4 is 10.3 Å². The molecule has 0 aliphatic rings. The van der Waals surface area contributed by atoms with Crippen molar-refractivity contribution >= 4 is 37.5 Å². The number of nitrogens with one attached hydrogen (secondary N) is 1. The van der Waals surface area contributed by atoms with Crippen molar-refractivity contribution in [1.82, 2.24) is 9.97 Å². The van der Waals surface area contributed by atoms with Gasteiger partial charge in [-0.05, 0) is 59.6 Å². The van der Waals surface area contributed by atoms with Crippen LogP contribution in [0.5, 0.6) is 5.75 Å². The zero-order valence-corrected chi connectivity index (χ0v) is 18.1. The van der Waals surface area contributed by atoms with Crippen LogP contribution in [0.4, 0.5) is 0 Å². The van der Waals surface area contributed by atoms with E-state index in [0.29, 0.717) is 22.5 Å². The summed E-state index contributed by atoms with van der Waals surface area (Å²) in [6.45, 7) is 4.22. The predicted molar refractivity (Wildman–Crippen MR) is 118 cm³/mol. The molecule has 0 bridgehead atoms. The van der Waals surface area contributed by atoms with Crippen LogP contribution in [0.1, 0.15) is 21.6 Å². The standard InChI is InChI=1S/C22H16BrN3O2S/c1-12-13(2)29-22-19(12)21(27)25-20(26-22)14-7-8-18(17(23)9-14)28-11-16-6-4-3-5-15(16)10-24/h3-9H,11H2,1-2H3,(H,25,26,27). The lowest BCUT2D eigenvalue weighted by molar-refractivity contribution is 0.304. The molecule has 0 spiro atoms. The van der Waals surface area contributed by atoms with Crippen LogP contribution in [-0.2, 0) is 6.61 Å². The molecular formula is C22H16BrN3O2S. The molecule has 2 aromatic carbocycles. The highest BCUT2D eigenvalue weighted by molar-refractivity contribution is 9.10. The summed E-state index contributed by atoms with van der Waals surface area (Å²) in [6, 6.07) is 15.1. The number of ether oxygens (including phenoxy) is 1. The number of halogens is 1. The molecule has 0 aliphatic heterocycles. The van der Waals surface area contributed by atoms with E-state index in [9.17, 15) is 10.1 Å². The number of benzene rings is 2. The van der Waals surface area contributed by atoms with E-state index in [2.05, 4.69) is 32.0 Å². The molecule has 4 aromatic rings. The van der Waals surface area contributed by atoms with Crippen molar-refractivity contribution in [2.45, 2.75) is 20.5 Å². The first kappa shape index (κ1) is 19.4. The first-order valence-corrected chi connectivity index (χ1v) is 10.5. The Morgan fingerprint density at radius 3 is 2.79 bits per heavy atom. The van der Waals surface area contributed by atoms with Gasteiger partial charge in [0.2, 0.25) is 0 Å². The van der Waals surface area contributed by atoms with Crippen molar-refractivity contribution in [3.63, 3.8) is 0 Å². The fourth-order valence-electron chi connectivity index (χ4n) is 3.07. The van der Waals surface area contributed by atoms with Gasteiger partial charge in [0, 0.05) is 16.0 Å². The third-order valence-electron chi connectivity index (χ3n) is 4.77. The molecule has 0 fully saturated rings. The summed E-state index contributed by atoms with van der Waals surface area (Å²) in [5.74, 6) is 1.17. The molecule has 0 aliphatic carbocycles. The van der Waals surface area contributed by atoms with Crippen molar-refractivity contribution < 1.29 is 4.74 Å². The van der Waals surface area contributed by atoms with Gasteiger partial charge in [0.25, 0.3) is 5.56 Å². The second-order valence-electron chi connectivity index (χ2n) is 6.58. The molecule has 0 atom stereocenters. The van der Waals surface area contributed by atoms with Gasteiger partial charge in [0.05, 0.1) is 21.5 Å². The zero-order valence-electron chi connectivity index (χ0n) is 15.7. The Hall–Kier alpha value is -2.95. The highest BCUT2D eigenvalue weighted by Gasteiger charge is 2.14. The summed E-state index contributed by atoms with van der Waals surface area (Å²) < 4.78 is 6.62. The number of aromatic nitrogens is 2. The molecule has 0 radical (unpaired) electrons. The maximum Gasteiger partial charge on any atom is 0.260 e. The van der Waals surface area contributed by atoms with Crippen molar-refractivity contribution in [2.75, 3.05) is 0 Å². The summed E-state index contributed by atoms with van der Waals surface area (Å²) >= 11 is 5.05. The Balaban J connectivity index is 1.63. The number of rotatable bonds is 4. The largest absolute Gasteiger partial charge is 0.488 e. The van der Waals surface area contributed by atoms with E-state index >= 15 is 0 Å². The number of thiophene rings is 1. The van der Waals surface area contributed by atoms with Crippen molar-refractivity contribution in [3.05, 3.63) is 78.9 Å². The number of H-pyrrole nitrogens is 1. The van der Waals surface area contributed by atoms with Gasteiger partial charge in [-0.1, -0.05) is 18.2 Å². The third-order valence-corrected chi connectivity index (χ3v) is 6.49. The average molecular weight is 466 g/mol. The number of aryl methyl sites for hydroxylation is 2. The molecule has 0 unspecified atom stereocenters. The first-order chi connectivity index (χ1) is 14.0. The van der Waals surface area contributed by atoms with E-state index in [1.165, 1.54) is 11.3 Å². The second kappa shape index (κ2) is 7.82. The Kier molecular flexibility index (Phi) is 5.22. The number of hydrogen-bond donors (Lipinski definition) is 1. The van der Waals surface area contributed by atoms with Gasteiger partial charge < -0.3 is 9.72 Å². The maximum atomic E-state index is 12.5. The molecule has 144 valence electrons. The van der Waals surface area contributed by atoms with Crippen molar-refractivity contribution in [2.24, 2.45) is 0 Å². The minimum absolute atomic E-state index is 0.128. The van der Waals surface area contributed by atoms with Gasteiger partial charge >= 0.3 is 0 Å². The molecule has 0 saturated heterocycles. The summed E-state index contributed by atoms with van der Waals surface area (Å²) in [5, 5.41) is 9.86. The molecule has 0 amide bonds. The first-order valence-electron chi connectivity index (χ1n) is 8.88. The fraction of sp³-hybridized carbons (Fsp3) is 0.136. The molecule has 1 N–H and O–H groups in total. The van der Waals surface area contributed by atoms with E-state index in [0.717, 1.165) is 30.9 Å². The van der Waals surface area contributed by atoms with Crippen molar-refractivity contribution in [1.29, 1.82) is 5.26 Å². The monoisotopic (exact) mass is 465 g/mol. The predicted octanol–water partition coefficient (Wildman–Crippen LogP) is 5.48. The van der Waals surface area contributed by atoms with Crippen LogP contribution in [-0.4, -0.2) is 9.97 Å². The SMILES string of the molecule is Cc1sc2nc(-c3ccc(OCc4ccccc4C#N)c(Br)c3)[nH]c(=O)c2c1C. The normalized spacial score (nSPS) is 10.8. The minimum atomic E-state index is -0.128. The van der Waals surface area contributed by atoms with Crippen LogP contribution in [0.3, 0.4) is 0 Å². The summed E-state index contributed by atoms with van der Waals surface area (Å²) in [6.07, 6.45) is 0. The summed E-state index contributed by atoms with van der Waals surface area (Å²) in [4.78, 5) is 21.9. The number of fused-ring (bicyclic) bond motifs is 1. The minimum Gasteiger partial charge on any atom is -0.488 e. The highest BCUT2D eigenvalue weighted by Crippen LogP contribution is 2.32. The van der Waals surface area contributed by atoms with Crippen molar-refractivity contribution in [3.8, 4) is 23.2 Å². The van der Waals surface area contributed by atoms with E-state index in [4.69, 9.17) is 4.74 Å². The Morgan fingerprint density at radius 2 is 2.03 bits per heavy atom. The van der Waals surface area contributed by atoms with Crippen LogP contribution in [0, 0.1) is 25.2 Å². The summed E-state index contributed by atoms with van der Waals surface area (Å²) in [5.41, 5.74) is 3.05. The molecule has 7 heteroatoms. The molecule has 2 aromatic heterocycles. The van der Waals surface area contributed by atoms with E-state index in [-0.39, 0.29) is 12.2 Å². The smallest absolute Gasteiger partial charge is 0.260 e. The van der Waals surface area contributed by atoms with Gasteiger partial charge in [0.15, 0.2) is 0 Å². The number of nitrogens with zero attached hydrogens (tertiary/aromatic N) is 2. The van der Waals surface area contributed by atoms with Gasteiger partial charge in [-0.2, -0.15) is 5.26 Å². The van der Waals surface area contributed by atoms with Gasteiger partial charge in [-0.25, -0.2) is 4.98 Å². The van der Waals surface area contributed by atoms with E-state index in [1.54, 1.807) is 6.07 Å². The lowest BCUT2D eigenvalue weighted by atomic mass is 10.1. The number of hydrogen-bond acceptors (Lipinski definition) is 5. The second-order valence-corrected chi connectivity index (χ2v) is 8.64. The van der Waals surface area contributed by atoms with Gasteiger partial charge in [-0.3, -0.25) is 4.79 Å². The lowest BCUT2D eigenvalue weighted by Crippen LogP contribution is -2.09. The van der Waals surface area contributed by atoms with Crippen LogP contribution in [0.2, 0.25) is 0 Å². The van der Waals surface area contributed by atoms with E-state index < -0.39 is 0 Å². The molecule has 29 heavy (non-hydrogen) atoms. The topological polar surface area (TPSA) is 78.8 Å². The number of nitriles is 1. The summed E-state index contributed by atoms with van der Waals surface area (Å²) in [7, 11) is 0. The quantitative estimate of drug-likeness (QED) is 0.432. The van der Waals surface area contributed by atoms with Gasteiger partial charge in [0.1, 0.15) is 23.0 Å². The van der Waals surface area contributed by atoms with E-state index in [1.807, 2.05) is 50.2 Å². The lowest BCUT2D eigenvalue weighted by Gasteiger charge is -2.10. The highest BCUT2D eigenvalue weighted by atomic mass is 79.9. The third kappa shape index (κ3) is 3.69. The van der Waals surface area contributed by atoms with Gasteiger partial charge in [-0.15, -0.1) is 11.3 Å². The zero-order chi connectivity index (χ0) is 20.5. The maximum absolute atomic E-state index is 12.5. The number of aromatic amines is 1. The molecule has 5 nitrogen and oxygen atoms in total. The molecule has 4 rings (SSSR count). The molecular weight excluding hydrogens is 450 g/mol. The fourth-order valence-corrected chi connectivity index (χ4v) is 4.59. The Bertz CT molecular complexity index is 1330. The van der Waals surface area contributed by atoms with Crippen LogP contribution in [0.15, 0.2) is 51.7 Å². The Morgan fingerprint density at radius 1 is 1.24 bits per heavy atom. The Labute approximate surface area is 179 Å². The molecule has 2 heterocycles. The molecule has 0 saturated carbocycles.